The highest BCUT2D eigenvalue weighted by Crippen LogP contribution is 2.27. The number of nitrogens with one attached hydrogen (secondary N) is 1. The zero-order chi connectivity index (χ0) is 18.2. The lowest BCUT2D eigenvalue weighted by Crippen LogP contribution is -2.53. The number of piperazine rings is 1. The van der Waals surface area contributed by atoms with Gasteiger partial charge in [-0.15, -0.1) is 0 Å². The first-order valence-corrected chi connectivity index (χ1v) is 8.68. The van der Waals surface area contributed by atoms with Crippen LogP contribution in [0, 0.1) is 5.82 Å². The summed E-state index contributed by atoms with van der Waals surface area (Å²) in [6, 6.07) is 2.81. The average Bonchev–Trinajstić information content (AvgIpc) is 2.61. The van der Waals surface area contributed by atoms with Crippen LogP contribution in [0.1, 0.15) is 18.9 Å². The predicted octanol–water partition coefficient (Wildman–Crippen LogP) is 2.82. The zero-order valence-electron chi connectivity index (χ0n) is 14.5. The number of hydrogen-bond donors (Lipinski definition) is 1. The molecule has 2 rings (SSSR count). The minimum atomic E-state index is -0.569. The maximum atomic E-state index is 14.2. The third-order valence-electron chi connectivity index (χ3n) is 4.07. The topological polar surface area (TPSA) is 60.0 Å². The standard InChI is InChI=1S/C17H24ClFN2O4/c1-3-12-10-20-4-5-21(12)17(22)25-11-14-15(18)8-13(9-16(14)19)24-7-6-23-2/h8-9,12,20H,3-7,10-11H2,1-2H3. The van der Waals surface area contributed by atoms with Crippen LogP contribution in [-0.2, 0) is 16.1 Å². The summed E-state index contributed by atoms with van der Waals surface area (Å²) in [6.45, 7) is 4.49. The van der Waals surface area contributed by atoms with Crippen LogP contribution in [-0.4, -0.2) is 57.0 Å². The van der Waals surface area contributed by atoms with Crippen LogP contribution >= 0.6 is 11.6 Å². The Morgan fingerprint density at radius 3 is 2.92 bits per heavy atom. The van der Waals surface area contributed by atoms with E-state index in [0.717, 1.165) is 13.0 Å². The smallest absolute Gasteiger partial charge is 0.410 e. The lowest BCUT2D eigenvalue weighted by atomic mass is 10.1. The van der Waals surface area contributed by atoms with E-state index in [2.05, 4.69) is 5.32 Å². The fourth-order valence-electron chi connectivity index (χ4n) is 2.63. The number of ether oxygens (including phenoxy) is 3. The number of methoxy groups -OCH3 is 1. The Morgan fingerprint density at radius 1 is 1.44 bits per heavy atom. The van der Waals surface area contributed by atoms with Crippen molar-refractivity contribution in [2.45, 2.75) is 26.0 Å². The van der Waals surface area contributed by atoms with E-state index in [1.165, 1.54) is 12.1 Å². The molecule has 0 bridgehead atoms. The van der Waals surface area contributed by atoms with Crippen LogP contribution in [0.15, 0.2) is 12.1 Å². The summed E-state index contributed by atoms with van der Waals surface area (Å²) < 4.78 is 29.7. The Labute approximate surface area is 152 Å². The van der Waals surface area contributed by atoms with Crippen molar-refractivity contribution in [1.82, 2.24) is 10.2 Å². The molecule has 1 aliphatic rings. The van der Waals surface area contributed by atoms with Gasteiger partial charge in [0.2, 0.25) is 0 Å². The maximum absolute atomic E-state index is 14.2. The van der Waals surface area contributed by atoms with Crippen molar-refractivity contribution in [2.24, 2.45) is 0 Å². The molecule has 0 saturated carbocycles. The van der Waals surface area contributed by atoms with Gasteiger partial charge in [0.1, 0.15) is 24.8 Å². The molecule has 1 N–H and O–H groups in total. The molecule has 1 aliphatic heterocycles. The highest BCUT2D eigenvalue weighted by Gasteiger charge is 2.26. The van der Waals surface area contributed by atoms with Gasteiger partial charge in [-0.3, -0.25) is 0 Å². The molecule has 8 heteroatoms. The normalized spacial score (nSPS) is 17.4. The summed E-state index contributed by atoms with van der Waals surface area (Å²) in [5, 5.41) is 3.40. The van der Waals surface area contributed by atoms with Gasteiger partial charge in [-0.2, -0.15) is 0 Å². The minimum absolute atomic E-state index is 0.0816. The maximum Gasteiger partial charge on any atom is 0.410 e. The first kappa shape index (κ1) is 19.8. The fourth-order valence-corrected chi connectivity index (χ4v) is 2.88. The lowest BCUT2D eigenvalue weighted by Gasteiger charge is -2.34. The van der Waals surface area contributed by atoms with Crippen molar-refractivity contribution in [3.63, 3.8) is 0 Å². The SMILES string of the molecule is CCC1CNCCN1C(=O)OCc1c(F)cc(OCCOC)cc1Cl. The predicted molar refractivity (Wildman–Crippen MR) is 92.6 cm³/mol. The van der Waals surface area contributed by atoms with Crippen LogP contribution in [0.2, 0.25) is 5.02 Å². The summed E-state index contributed by atoms with van der Waals surface area (Å²) in [5.41, 5.74) is 0.136. The Morgan fingerprint density at radius 2 is 2.24 bits per heavy atom. The molecular weight excluding hydrogens is 351 g/mol. The number of halogens is 2. The fraction of sp³-hybridized carbons (Fsp3) is 0.588. The molecule has 0 aromatic heterocycles. The van der Waals surface area contributed by atoms with Gasteiger partial charge in [-0.05, 0) is 12.5 Å². The Kier molecular flexibility index (Phi) is 7.74. The summed E-state index contributed by atoms with van der Waals surface area (Å²) in [6.07, 6.45) is 0.370. The van der Waals surface area contributed by atoms with Gasteiger partial charge in [0.25, 0.3) is 0 Å². The second-order valence-electron chi connectivity index (χ2n) is 5.72. The summed E-state index contributed by atoms with van der Waals surface area (Å²) in [5.74, 6) is -0.261. The largest absolute Gasteiger partial charge is 0.491 e. The monoisotopic (exact) mass is 374 g/mol. The molecule has 0 spiro atoms. The van der Waals surface area contributed by atoms with Crippen molar-refractivity contribution >= 4 is 17.7 Å². The second kappa shape index (κ2) is 9.79. The van der Waals surface area contributed by atoms with Crippen LogP contribution in [0.3, 0.4) is 0 Å². The summed E-state index contributed by atoms with van der Waals surface area (Å²) in [7, 11) is 1.55. The quantitative estimate of drug-likeness (QED) is 0.744. The molecule has 1 atom stereocenters. The third kappa shape index (κ3) is 5.45. The van der Waals surface area contributed by atoms with E-state index in [4.69, 9.17) is 25.8 Å². The number of carbonyl (C=O) groups is 1. The van der Waals surface area contributed by atoms with Crippen LogP contribution < -0.4 is 10.1 Å². The van der Waals surface area contributed by atoms with Crippen molar-refractivity contribution in [3.05, 3.63) is 28.5 Å². The molecule has 140 valence electrons. The molecule has 1 unspecified atom stereocenters. The molecule has 1 aromatic carbocycles. The first-order chi connectivity index (χ1) is 12.1. The van der Waals surface area contributed by atoms with Crippen molar-refractivity contribution in [1.29, 1.82) is 0 Å². The number of nitrogens with zero attached hydrogens (tertiary/aromatic N) is 1. The number of benzene rings is 1. The molecule has 1 amide bonds. The highest BCUT2D eigenvalue weighted by atomic mass is 35.5. The van der Waals surface area contributed by atoms with Gasteiger partial charge in [0.05, 0.1) is 11.6 Å². The van der Waals surface area contributed by atoms with Crippen LogP contribution in [0.25, 0.3) is 0 Å². The molecule has 1 heterocycles. The molecule has 1 fully saturated rings. The van der Waals surface area contributed by atoms with Gasteiger partial charge in [0, 0.05) is 44.4 Å². The molecule has 0 radical (unpaired) electrons. The van der Waals surface area contributed by atoms with Crippen molar-refractivity contribution < 1.29 is 23.4 Å². The Balaban J connectivity index is 1.96. The van der Waals surface area contributed by atoms with E-state index in [0.29, 0.717) is 32.1 Å². The van der Waals surface area contributed by atoms with Crippen molar-refractivity contribution in [3.8, 4) is 5.75 Å². The first-order valence-electron chi connectivity index (χ1n) is 8.30. The van der Waals surface area contributed by atoms with E-state index < -0.39 is 11.9 Å². The molecule has 1 aromatic rings. The van der Waals surface area contributed by atoms with E-state index in [1.807, 2.05) is 6.92 Å². The average molecular weight is 375 g/mol. The van der Waals surface area contributed by atoms with Gasteiger partial charge >= 0.3 is 6.09 Å². The molecule has 1 saturated heterocycles. The van der Waals surface area contributed by atoms with Gasteiger partial charge in [0.15, 0.2) is 0 Å². The van der Waals surface area contributed by atoms with Gasteiger partial charge < -0.3 is 24.4 Å². The van der Waals surface area contributed by atoms with Gasteiger partial charge in [-0.25, -0.2) is 9.18 Å². The number of amides is 1. The zero-order valence-corrected chi connectivity index (χ0v) is 15.3. The Bertz CT molecular complexity index is 565. The van der Waals surface area contributed by atoms with Crippen LogP contribution in [0.4, 0.5) is 9.18 Å². The molecular formula is C17H24ClFN2O4. The van der Waals surface area contributed by atoms with Gasteiger partial charge in [-0.1, -0.05) is 18.5 Å². The summed E-state index contributed by atoms with van der Waals surface area (Å²) in [4.78, 5) is 13.9. The Hall–Kier alpha value is -1.57. The van der Waals surface area contributed by atoms with Crippen molar-refractivity contribution in [2.75, 3.05) is 40.0 Å². The second-order valence-corrected chi connectivity index (χ2v) is 6.13. The minimum Gasteiger partial charge on any atom is -0.491 e. The summed E-state index contributed by atoms with van der Waals surface area (Å²) >= 11 is 6.11. The van der Waals surface area contributed by atoms with E-state index in [-0.39, 0.29) is 23.2 Å². The van der Waals surface area contributed by atoms with E-state index in [1.54, 1.807) is 12.0 Å². The third-order valence-corrected chi connectivity index (χ3v) is 4.40. The number of rotatable bonds is 7. The number of hydrogen-bond acceptors (Lipinski definition) is 5. The molecule has 0 aliphatic carbocycles. The number of carbonyl (C=O) groups excluding carboxylic acids is 1. The van der Waals surface area contributed by atoms with E-state index in [9.17, 15) is 9.18 Å². The van der Waals surface area contributed by atoms with E-state index >= 15 is 0 Å². The molecule has 25 heavy (non-hydrogen) atoms. The van der Waals surface area contributed by atoms with Crippen LogP contribution in [0.5, 0.6) is 5.75 Å². The highest BCUT2D eigenvalue weighted by molar-refractivity contribution is 6.31. The lowest BCUT2D eigenvalue weighted by molar-refractivity contribution is 0.0706. The molecule has 6 nitrogen and oxygen atoms in total.